The van der Waals surface area contributed by atoms with E-state index in [2.05, 4.69) is 89.1 Å². The third-order valence-corrected chi connectivity index (χ3v) is 4.11. The van der Waals surface area contributed by atoms with Crippen molar-refractivity contribution in [2.24, 2.45) is 0 Å². The van der Waals surface area contributed by atoms with Crippen LogP contribution in [0.15, 0.2) is 54.7 Å². The number of rotatable bonds is 5. The minimum absolute atomic E-state index is 0.366. The topological polar surface area (TPSA) is 16.1 Å². The molecule has 0 spiro atoms. The molecule has 1 heterocycles. The molecule has 104 valence electrons. The van der Waals surface area contributed by atoms with Gasteiger partial charge in [-0.05, 0) is 29.8 Å². The number of allylic oxidation sites excluding steroid dienone is 1. The standard InChI is InChI=1S/C17H19IN2/c1-20(2)16-10-7-14(8-11-16)6-9-15(13-18)17-5-3-4-12-19-17/h3-12,15H,13H2,1-2H3/b9-6+. The Hall–Kier alpha value is -1.36. The summed E-state index contributed by atoms with van der Waals surface area (Å²) in [6.07, 6.45) is 6.27. The second kappa shape index (κ2) is 7.43. The molecular weight excluding hydrogens is 359 g/mol. The van der Waals surface area contributed by atoms with E-state index in [0.29, 0.717) is 5.92 Å². The van der Waals surface area contributed by atoms with Crippen molar-refractivity contribution in [1.82, 2.24) is 4.98 Å². The van der Waals surface area contributed by atoms with Crippen molar-refractivity contribution in [2.45, 2.75) is 5.92 Å². The number of nitrogens with zero attached hydrogens (tertiary/aromatic N) is 2. The van der Waals surface area contributed by atoms with Gasteiger partial charge in [0.15, 0.2) is 0 Å². The highest BCUT2D eigenvalue weighted by Crippen LogP contribution is 2.20. The van der Waals surface area contributed by atoms with Crippen molar-refractivity contribution in [1.29, 1.82) is 0 Å². The SMILES string of the molecule is CN(C)c1ccc(/C=C/C(CI)c2ccccn2)cc1. The molecule has 0 fully saturated rings. The molecule has 1 aromatic carbocycles. The Bertz CT molecular complexity index is 547. The van der Waals surface area contributed by atoms with E-state index in [9.17, 15) is 0 Å². The van der Waals surface area contributed by atoms with Crippen LogP contribution in [0.3, 0.4) is 0 Å². The smallest absolute Gasteiger partial charge is 0.0479 e. The van der Waals surface area contributed by atoms with Crippen LogP contribution in [-0.4, -0.2) is 23.5 Å². The predicted molar refractivity (Wildman–Crippen MR) is 95.7 cm³/mol. The summed E-state index contributed by atoms with van der Waals surface area (Å²) in [5.74, 6) is 0.366. The summed E-state index contributed by atoms with van der Waals surface area (Å²) in [5.41, 5.74) is 3.57. The quantitative estimate of drug-likeness (QED) is 0.567. The van der Waals surface area contributed by atoms with Crippen LogP contribution < -0.4 is 4.90 Å². The summed E-state index contributed by atoms with van der Waals surface area (Å²) < 4.78 is 1.03. The molecule has 0 bridgehead atoms. The van der Waals surface area contributed by atoms with E-state index in [1.54, 1.807) is 0 Å². The third-order valence-electron chi connectivity index (χ3n) is 3.16. The van der Waals surface area contributed by atoms with Gasteiger partial charge in [0.05, 0.1) is 0 Å². The monoisotopic (exact) mass is 378 g/mol. The number of pyridine rings is 1. The van der Waals surface area contributed by atoms with Crippen LogP contribution in [0.1, 0.15) is 17.2 Å². The lowest BCUT2D eigenvalue weighted by atomic mass is 10.0. The van der Waals surface area contributed by atoms with Crippen LogP contribution >= 0.6 is 22.6 Å². The molecule has 1 unspecified atom stereocenters. The van der Waals surface area contributed by atoms with Gasteiger partial charge in [0.25, 0.3) is 0 Å². The minimum Gasteiger partial charge on any atom is -0.378 e. The van der Waals surface area contributed by atoms with Gasteiger partial charge in [-0.1, -0.05) is 52.9 Å². The predicted octanol–water partition coefficient (Wildman–Crippen LogP) is 4.38. The first-order valence-corrected chi connectivity index (χ1v) is 8.15. The molecule has 0 saturated carbocycles. The van der Waals surface area contributed by atoms with Gasteiger partial charge >= 0.3 is 0 Å². The molecule has 1 atom stereocenters. The van der Waals surface area contributed by atoms with Gasteiger partial charge < -0.3 is 4.90 Å². The van der Waals surface area contributed by atoms with E-state index in [1.165, 1.54) is 11.3 Å². The van der Waals surface area contributed by atoms with Crippen molar-refractivity contribution in [2.75, 3.05) is 23.4 Å². The Morgan fingerprint density at radius 1 is 1.15 bits per heavy atom. The van der Waals surface area contributed by atoms with E-state index in [0.717, 1.165) is 10.1 Å². The number of hydrogen-bond donors (Lipinski definition) is 0. The van der Waals surface area contributed by atoms with Crippen molar-refractivity contribution < 1.29 is 0 Å². The minimum atomic E-state index is 0.366. The van der Waals surface area contributed by atoms with Gasteiger partial charge in [-0.15, -0.1) is 0 Å². The summed E-state index contributed by atoms with van der Waals surface area (Å²) in [4.78, 5) is 6.54. The van der Waals surface area contributed by atoms with Gasteiger partial charge in [-0.2, -0.15) is 0 Å². The van der Waals surface area contributed by atoms with E-state index < -0.39 is 0 Å². The molecule has 3 heteroatoms. The maximum atomic E-state index is 4.44. The molecule has 20 heavy (non-hydrogen) atoms. The molecule has 0 N–H and O–H groups in total. The zero-order valence-electron chi connectivity index (χ0n) is 11.8. The van der Waals surface area contributed by atoms with Crippen LogP contribution in [0.2, 0.25) is 0 Å². The van der Waals surface area contributed by atoms with E-state index in [1.807, 2.05) is 18.3 Å². The number of benzene rings is 1. The van der Waals surface area contributed by atoms with Crippen LogP contribution in [0.5, 0.6) is 0 Å². The molecule has 2 aromatic rings. The summed E-state index contributed by atoms with van der Waals surface area (Å²) in [6, 6.07) is 14.7. The van der Waals surface area contributed by atoms with Crippen LogP contribution in [0, 0.1) is 0 Å². The van der Waals surface area contributed by atoms with Crippen molar-refractivity contribution >= 4 is 34.4 Å². The van der Waals surface area contributed by atoms with Gasteiger partial charge in [-0.25, -0.2) is 0 Å². The van der Waals surface area contributed by atoms with Gasteiger partial charge in [0.1, 0.15) is 0 Å². The largest absolute Gasteiger partial charge is 0.378 e. The lowest BCUT2D eigenvalue weighted by molar-refractivity contribution is 0.937. The first kappa shape index (κ1) is 15.0. The summed E-state index contributed by atoms with van der Waals surface area (Å²) in [6.45, 7) is 0. The lowest BCUT2D eigenvalue weighted by Gasteiger charge is -2.12. The summed E-state index contributed by atoms with van der Waals surface area (Å²) >= 11 is 2.41. The fraction of sp³-hybridized carbons (Fsp3) is 0.235. The second-order valence-electron chi connectivity index (χ2n) is 4.86. The second-order valence-corrected chi connectivity index (χ2v) is 5.74. The Morgan fingerprint density at radius 2 is 1.90 bits per heavy atom. The number of aromatic nitrogens is 1. The van der Waals surface area contributed by atoms with Crippen molar-refractivity contribution in [3.63, 3.8) is 0 Å². The average molecular weight is 378 g/mol. The molecule has 0 saturated heterocycles. The molecule has 0 radical (unpaired) electrons. The molecule has 0 aliphatic carbocycles. The zero-order valence-corrected chi connectivity index (χ0v) is 14.0. The van der Waals surface area contributed by atoms with Gasteiger partial charge in [0, 0.05) is 42.0 Å². The molecule has 2 rings (SSSR count). The van der Waals surface area contributed by atoms with Crippen molar-refractivity contribution in [3.05, 3.63) is 66.0 Å². The fourth-order valence-corrected chi connectivity index (χ4v) is 2.68. The van der Waals surface area contributed by atoms with Crippen LogP contribution in [0.25, 0.3) is 6.08 Å². The highest BCUT2D eigenvalue weighted by Gasteiger charge is 2.06. The molecule has 1 aromatic heterocycles. The first-order valence-electron chi connectivity index (χ1n) is 6.63. The molecule has 2 nitrogen and oxygen atoms in total. The molecular formula is C17H19IN2. The Morgan fingerprint density at radius 3 is 2.45 bits per heavy atom. The number of hydrogen-bond acceptors (Lipinski definition) is 2. The molecule has 0 amide bonds. The maximum Gasteiger partial charge on any atom is 0.0479 e. The average Bonchev–Trinajstić information content (AvgIpc) is 2.49. The fourth-order valence-electron chi connectivity index (χ4n) is 1.94. The van der Waals surface area contributed by atoms with Crippen LogP contribution in [0.4, 0.5) is 5.69 Å². The Balaban J connectivity index is 2.11. The zero-order chi connectivity index (χ0) is 14.4. The number of alkyl halides is 1. The Labute approximate surface area is 134 Å². The Kier molecular flexibility index (Phi) is 5.59. The van der Waals surface area contributed by atoms with Gasteiger partial charge in [-0.3, -0.25) is 4.98 Å². The number of anilines is 1. The lowest BCUT2D eigenvalue weighted by Crippen LogP contribution is -2.07. The first-order chi connectivity index (χ1) is 9.70. The highest BCUT2D eigenvalue weighted by atomic mass is 127. The third kappa shape index (κ3) is 4.07. The molecule has 0 aliphatic heterocycles. The highest BCUT2D eigenvalue weighted by molar-refractivity contribution is 14.1. The van der Waals surface area contributed by atoms with Crippen LogP contribution in [-0.2, 0) is 0 Å². The van der Waals surface area contributed by atoms with Gasteiger partial charge in [0.2, 0.25) is 0 Å². The van der Waals surface area contributed by atoms with E-state index in [-0.39, 0.29) is 0 Å². The maximum absolute atomic E-state index is 4.44. The summed E-state index contributed by atoms with van der Waals surface area (Å²) in [7, 11) is 4.11. The van der Waals surface area contributed by atoms with E-state index >= 15 is 0 Å². The van der Waals surface area contributed by atoms with E-state index in [4.69, 9.17) is 0 Å². The normalized spacial score (nSPS) is 12.6. The summed E-state index contributed by atoms with van der Waals surface area (Å²) in [5, 5.41) is 0. The van der Waals surface area contributed by atoms with Crippen molar-refractivity contribution in [3.8, 4) is 0 Å². The molecule has 0 aliphatic rings. The number of halogens is 1.